The summed E-state index contributed by atoms with van der Waals surface area (Å²) < 4.78 is 39.7. The van der Waals surface area contributed by atoms with Gasteiger partial charge in [-0.15, -0.1) is 4.40 Å². The van der Waals surface area contributed by atoms with Gasteiger partial charge >= 0.3 is 0 Å². The number of sulfonamides is 1. The molecule has 0 radical (unpaired) electrons. The molecule has 3 rings (SSSR count). The third-order valence-electron chi connectivity index (χ3n) is 5.33. The first kappa shape index (κ1) is 15.3. The van der Waals surface area contributed by atoms with Gasteiger partial charge in [0, 0.05) is 13.5 Å². The van der Waals surface area contributed by atoms with Crippen LogP contribution in [0.4, 0.5) is 0 Å². The molecule has 1 atom stereocenters. The molecule has 2 fully saturated rings. The van der Waals surface area contributed by atoms with Crippen LogP contribution in [0.15, 0.2) is 4.40 Å². The van der Waals surface area contributed by atoms with Gasteiger partial charge in [0.2, 0.25) is 5.90 Å². The summed E-state index contributed by atoms with van der Waals surface area (Å²) >= 11 is 0. The van der Waals surface area contributed by atoms with Crippen LogP contribution in [0.25, 0.3) is 0 Å². The van der Waals surface area contributed by atoms with Gasteiger partial charge in [0.1, 0.15) is 4.75 Å². The van der Waals surface area contributed by atoms with Crippen LogP contribution in [0, 0.1) is 5.92 Å². The minimum atomic E-state index is -3.50. The highest BCUT2D eigenvalue weighted by Crippen LogP contribution is 2.56. The fraction of sp³-hybridized carbons (Fsp3) is 0.933. The average molecular weight is 315 g/mol. The van der Waals surface area contributed by atoms with Crippen molar-refractivity contribution < 1.29 is 17.9 Å². The topological polar surface area (TPSA) is 65.0 Å². The number of ether oxygens (including phenoxy) is 2. The zero-order chi connectivity index (χ0) is 15.1. The molecule has 0 N–H and O–H groups in total. The van der Waals surface area contributed by atoms with E-state index in [1.165, 1.54) is 19.3 Å². The van der Waals surface area contributed by atoms with Crippen LogP contribution < -0.4 is 0 Å². The lowest BCUT2D eigenvalue weighted by molar-refractivity contribution is -0.0201. The molecule has 0 aromatic carbocycles. The van der Waals surface area contributed by atoms with Gasteiger partial charge in [0.25, 0.3) is 10.0 Å². The normalized spacial score (nSPS) is 34.3. The van der Waals surface area contributed by atoms with Gasteiger partial charge in [-0.3, -0.25) is 0 Å². The SMILES string of the molecule is COCC1(C)OC(CC2CCCCC2)=NS(=O)(=O)C12CC2. The molecule has 0 bridgehead atoms. The van der Waals surface area contributed by atoms with Crippen molar-refractivity contribution in [3.8, 4) is 0 Å². The lowest BCUT2D eigenvalue weighted by atomic mass is 9.87. The molecule has 120 valence electrons. The second-order valence-electron chi connectivity index (χ2n) is 6.93. The summed E-state index contributed by atoms with van der Waals surface area (Å²) in [5, 5.41) is 0. The van der Waals surface area contributed by atoms with E-state index in [0.717, 1.165) is 12.8 Å². The van der Waals surface area contributed by atoms with Crippen LogP contribution in [0.5, 0.6) is 0 Å². The second-order valence-corrected chi connectivity index (χ2v) is 8.84. The summed E-state index contributed by atoms with van der Waals surface area (Å²) in [6.07, 6.45) is 7.92. The van der Waals surface area contributed by atoms with Crippen molar-refractivity contribution in [1.82, 2.24) is 0 Å². The highest BCUT2D eigenvalue weighted by Gasteiger charge is 2.70. The number of hydrogen-bond donors (Lipinski definition) is 0. The average Bonchev–Trinajstić information content (AvgIpc) is 3.20. The number of methoxy groups -OCH3 is 1. The number of rotatable bonds is 4. The predicted molar refractivity (Wildman–Crippen MR) is 80.9 cm³/mol. The number of hydrogen-bond acceptors (Lipinski definition) is 4. The van der Waals surface area contributed by atoms with E-state index in [2.05, 4.69) is 4.40 Å². The van der Waals surface area contributed by atoms with Crippen LogP contribution in [0.3, 0.4) is 0 Å². The highest BCUT2D eigenvalue weighted by atomic mass is 32.2. The van der Waals surface area contributed by atoms with Crippen LogP contribution in [-0.4, -0.2) is 38.4 Å². The van der Waals surface area contributed by atoms with Crippen LogP contribution in [-0.2, 0) is 19.5 Å². The molecule has 0 saturated heterocycles. The molecule has 2 aliphatic carbocycles. The molecule has 0 aromatic rings. The van der Waals surface area contributed by atoms with Gasteiger partial charge in [-0.05, 0) is 38.5 Å². The molecule has 21 heavy (non-hydrogen) atoms. The van der Waals surface area contributed by atoms with E-state index in [1.807, 2.05) is 6.92 Å². The molecule has 2 saturated carbocycles. The summed E-state index contributed by atoms with van der Waals surface area (Å²) in [5.74, 6) is 0.909. The van der Waals surface area contributed by atoms with Crippen molar-refractivity contribution in [2.75, 3.05) is 13.7 Å². The minimum absolute atomic E-state index is 0.288. The summed E-state index contributed by atoms with van der Waals surface area (Å²) in [6, 6.07) is 0. The van der Waals surface area contributed by atoms with E-state index in [1.54, 1.807) is 7.11 Å². The fourth-order valence-corrected chi connectivity index (χ4v) is 5.74. The Balaban J connectivity index is 1.83. The van der Waals surface area contributed by atoms with Crippen LogP contribution in [0.2, 0.25) is 0 Å². The molecule has 3 aliphatic rings. The Hall–Kier alpha value is -0.620. The first-order valence-electron chi connectivity index (χ1n) is 7.94. The maximum Gasteiger partial charge on any atom is 0.265 e. The Morgan fingerprint density at radius 3 is 2.52 bits per heavy atom. The van der Waals surface area contributed by atoms with Crippen LogP contribution in [0.1, 0.15) is 58.3 Å². The van der Waals surface area contributed by atoms with E-state index in [9.17, 15) is 8.42 Å². The standard InChI is InChI=1S/C15H25NO4S/c1-14(11-19-2)15(8-9-15)21(17,18)16-13(20-14)10-12-6-4-3-5-7-12/h12H,3-11H2,1-2H3. The molecule has 1 aliphatic heterocycles. The third-order valence-corrected chi connectivity index (χ3v) is 7.61. The van der Waals surface area contributed by atoms with E-state index in [0.29, 0.717) is 31.1 Å². The van der Waals surface area contributed by atoms with E-state index in [4.69, 9.17) is 9.47 Å². The fourth-order valence-electron chi connectivity index (χ4n) is 3.92. The number of nitrogens with zero attached hydrogens (tertiary/aromatic N) is 1. The Kier molecular flexibility index (Phi) is 3.81. The Labute approximate surface area is 127 Å². The summed E-state index contributed by atoms with van der Waals surface area (Å²) in [7, 11) is -1.91. The minimum Gasteiger partial charge on any atom is -0.470 e. The molecule has 0 amide bonds. The molecule has 1 unspecified atom stereocenters. The van der Waals surface area contributed by atoms with Gasteiger partial charge in [0.15, 0.2) is 5.60 Å². The molecular formula is C15H25NO4S. The zero-order valence-electron chi connectivity index (χ0n) is 12.9. The first-order valence-corrected chi connectivity index (χ1v) is 9.38. The van der Waals surface area contributed by atoms with Crippen molar-refractivity contribution in [2.45, 2.75) is 68.6 Å². The Morgan fingerprint density at radius 2 is 1.95 bits per heavy atom. The molecule has 6 heteroatoms. The van der Waals surface area contributed by atoms with Gasteiger partial charge in [-0.25, -0.2) is 8.42 Å². The summed E-state index contributed by atoms with van der Waals surface area (Å²) in [6.45, 7) is 2.15. The largest absolute Gasteiger partial charge is 0.470 e. The van der Waals surface area contributed by atoms with Gasteiger partial charge < -0.3 is 9.47 Å². The smallest absolute Gasteiger partial charge is 0.265 e. The monoisotopic (exact) mass is 315 g/mol. The first-order chi connectivity index (χ1) is 9.92. The van der Waals surface area contributed by atoms with Gasteiger partial charge in [-0.2, -0.15) is 0 Å². The summed E-state index contributed by atoms with van der Waals surface area (Å²) in [4.78, 5) is 0. The van der Waals surface area contributed by atoms with Crippen molar-refractivity contribution in [1.29, 1.82) is 0 Å². The Morgan fingerprint density at radius 1 is 1.29 bits per heavy atom. The maximum absolute atomic E-state index is 12.6. The molecule has 1 heterocycles. The maximum atomic E-state index is 12.6. The van der Waals surface area contributed by atoms with Crippen molar-refractivity contribution in [3.05, 3.63) is 0 Å². The van der Waals surface area contributed by atoms with E-state index in [-0.39, 0.29) is 6.61 Å². The third kappa shape index (κ3) is 2.50. The van der Waals surface area contributed by atoms with Crippen molar-refractivity contribution in [3.63, 3.8) is 0 Å². The second kappa shape index (κ2) is 5.23. The summed E-state index contributed by atoms with van der Waals surface area (Å²) in [5.41, 5.74) is -0.799. The lowest BCUT2D eigenvalue weighted by Gasteiger charge is -2.40. The predicted octanol–water partition coefficient (Wildman–Crippen LogP) is 2.65. The van der Waals surface area contributed by atoms with E-state index < -0.39 is 20.4 Å². The van der Waals surface area contributed by atoms with Gasteiger partial charge in [0.05, 0.1) is 6.61 Å². The lowest BCUT2D eigenvalue weighted by Crippen LogP contribution is -2.55. The molecular weight excluding hydrogens is 290 g/mol. The Bertz CT molecular complexity index is 532. The molecule has 1 spiro atoms. The van der Waals surface area contributed by atoms with Crippen molar-refractivity contribution in [2.24, 2.45) is 10.3 Å². The van der Waals surface area contributed by atoms with Crippen LogP contribution >= 0.6 is 0 Å². The zero-order valence-corrected chi connectivity index (χ0v) is 13.7. The molecule has 0 aromatic heterocycles. The van der Waals surface area contributed by atoms with Gasteiger partial charge in [-0.1, -0.05) is 19.3 Å². The highest BCUT2D eigenvalue weighted by molar-refractivity contribution is 7.92. The quantitative estimate of drug-likeness (QED) is 0.800. The van der Waals surface area contributed by atoms with E-state index >= 15 is 0 Å². The van der Waals surface area contributed by atoms with Crippen molar-refractivity contribution >= 4 is 15.9 Å². The molecule has 5 nitrogen and oxygen atoms in total.